The van der Waals surface area contributed by atoms with Crippen molar-refractivity contribution in [2.45, 2.75) is 19.3 Å². The zero-order valence-corrected chi connectivity index (χ0v) is 10.6. The number of rotatable bonds is 2. The van der Waals surface area contributed by atoms with E-state index < -0.39 is 17.9 Å². The third-order valence-corrected chi connectivity index (χ3v) is 1.98. The zero-order chi connectivity index (χ0) is 9.14. The molecule has 0 saturated heterocycles. The normalized spacial score (nSPS) is 21.2. The van der Waals surface area contributed by atoms with Crippen LogP contribution in [-0.2, 0) is 9.59 Å². The van der Waals surface area contributed by atoms with Crippen LogP contribution in [0, 0.1) is 5.92 Å². The molecule has 0 heterocycles. The van der Waals surface area contributed by atoms with E-state index in [1.54, 1.807) is 0 Å². The van der Waals surface area contributed by atoms with E-state index in [1.165, 1.54) is 6.08 Å². The number of carbonyl (C=O) groups is 2. The first-order chi connectivity index (χ1) is 5.63. The Hall–Kier alpha value is 0.316. The molecule has 0 aliphatic heterocycles. The van der Waals surface area contributed by atoms with Gasteiger partial charge in [-0.15, -0.1) is 0 Å². The molecule has 1 aliphatic rings. The fraction of sp³-hybridized carbons (Fsp3) is 0.500. The maximum atomic E-state index is 10.6. The van der Waals surface area contributed by atoms with E-state index in [4.69, 9.17) is 10.2 Å². The molecule has 0 fully saturated rings. The molecule has 68 valence electrons. The standard InChI is InChI=1S/C8H10O4.K.H/c9-7(10)5-3-1-2-4-6(5)8(11)12;;/h3,6H,1-2,4H2,(H,9,10)(H,11,12);;/q;+1;-1. The second-order valence-corrected chi connectivity index (χ2v) is 2.79. The van der Waals surface area contributed by atoms with Gasteiger partial charge < -0.3 is 11.6 Å². The predicted octanol–water partition coefficient (Wildman–Crippen LogP) is -2.00. The summed E-state index contributed by atoms with van der Waals surface area (Å²) in [4.78, 5) is 21.1. The molecule has 13 heavy (non-hydrogen) atoms. The van der Waals surface area contributed by atoms with E-state index >= 15 is 0 Å². The van der Waals surface area contributed by atoms with Crippen LogP contribution in [0.1, 0.15) is 20.7 Å². The van der Waals surface area contributed by atoms with E-state index in [-0.39, 0.29) is 58.4 Å². The number of hydrogen-bond donors (Lipinski definition) is 2. The third-order valence-electron chi connectivity index (χ3n) is 1.98. The van der Waals surface area contributed by atoms with Gasteiger partial charge in [0.15, 0.2) is 0 Å². The molecule has 0 aromatic heterocycles. The first kappa shape index (κ1) is 13.3. The van der Waals surface area contributed by atoms with Crippen LogP contribution < -0.4 is 51.4 Å². The van der Waals surface area contributed by atoms with Crippen molar-refractivity contribution in [2.24, 2.45) is 5.92 Å². The van der Waals surface area contributed by atoms with Crippen molar-refractivity contribution in [1.29, 1.82) is 0 Å². The summed E-state index contributed by atoms with van der Waals surface area (Å²) in [5.41, 5.74) is 0.0359. The van der Waals surface area contributed by atoms with Crippen LogP contribution in [0.5, 0.6) is 0 Å². The number of aliphatic carboxylic acids is 2. The monoisotopic (exact) mass is 210 g/mol. The summed E-state index contributed by atoms with van der Waals surface area (Å²) in [5, 5.41) is 17.3. The van der Waals surface area contributed by atoms with Crippen LogP contribution in [0.25, 0.3) is 0 Å². The summed E-state index contributed by atoms with van der Waals surface area (Å²) in [6.45, 7) is 0. The molecule has 0 aromatic carbocycles. The van der Waals surface area contributed by atoms with Gasteiger partial charge in [-0.05, 0) is 19.3 Å². The number of allylic oxidation sites excluding steroid dienone is 1. The molecule has 0 saturated carbocycles. The fourth-order valence-electron chi connectivity index (χ4n) is 1.37. The molecule has 4 nitrogen and oxygen atoms in total. The Morgan fingerprint density at radius 1 is 1.46 bits per heavy atom. The van der Waals surface area contributed by atoms with E-state index in [1.807, 2.05) is 0 Å². The van der Waals surface area contributed by atoms with Crippen molar-refractivity contribution >= 4 is 11.9 Å². The number of carboxylic acid groups (broad SMARTS) is 2. The van der Waals surface area contributed by atoms with Crippen LogP contribution in [0.15, 0.2) is 11.6 Å². The number of hydrogen-bond acceptors (Lipinski definition) is 2. The molecule has 5 heteroatoms. The summed E-state index contributed by atoms with van der Waals surface area (Å²) >= 11 is 0. The third kappa shape index (κ3) is 3.51. The molecule has 0 amide bonds. The van der Waals surface area contributed by atoms with E-state index in [9.17, 15) is 9.59 Å². The van der Waals surface area contributed by atoms with Crippen LogP contribution in [0.3, 0.4) is 0 Å². The Morgan fingerprint density at radius 2 is 2.08 bits per heavy atom. The van der Waals surface area contributed by atoms with E-state index in [0.717, 1.165) is 6.42 Å². The fourth-order valence-corrected chi connectivity index (χ4v) is 1.37. The first-order valence-electron chi connectivity index (χ1n) is 3.79. The van der Waals surface area contributed by atoms with Gasteiger partial charge in [0.1, 0.15) is 0 Å². The van der Waals surface area contributed by atoms with Crippen LogP contribution in [-0.4, -0.2) is 22.2 Å². The smallest absolute Gasteiger partial charge is 1.00 e. The van der Waals surface area contributed by atoms with Crippen molar-refractivity contribution in [2.75, 3.05) is 0 Å². The average Bonchev–Trinajstić information content (AvgIpc) is 2.04. The summed E-state index contributed by atoms with van der Waals surface area (Å²) in [6.07, 6.45) is 3.37. The minimum absolute atomic E-state index is 0. The molecule has 2 N–H and O–H groups in total. The average molecular weight is 210 g/mol. The van der Waals surface area contributed by atoms with Crippen LogP contribution in [0.2, 0.25) is 0 Å². The molecule has 1 unspecified atom stereocenters. The molecule has 0 radical (unpaired) electrons. The molecular weight excluding hydrogens is 199 g/mol. The largest absolute Gasteiger partial charge is 1.00 e. The minimum Gasteiger partial charge on any atom is -1.00 e. The van der Waals surface area contributed by atoms with Crippen molar-refractivity contribution in [1.82, 2.24) is 0 Å². The Kier molecular flexibility index (Phi) is 6.07. The SMILES string of the molecule is O=C(O)C1=CCCCC1C(=O)O.[H-].[K+]. The number of carboxylic acids is 2. The summed E-state index contributed by atoms with van der Waals surface area (Å²) in [5.74, 6) is -2.96. The Balaban J connectivity index is 0. The quantitative estimate of drug-likeness (QED) is 0.517. The van der Waals surface area contributed by atoms with Crippen molar-refractivity contribution < 1.29 is 72.6 Å². The maximum absolute atomic E-state index is 10.6. The molecule has 0 bridgehead atoms. The van der Waals surface area contributed by atoms with Gasteiger partial charge in [0, 0.05) is 5.57 Å². The second-order valence-electron chi connectivity index (χ2n) is 2.79. The van der Waals surface area contributed by atoms with Crippen LogP contribution in [0.4, 0.5) is 0 Å². The van der Waals surface area contributed by atoms with Crippen LogP contribution >= 0.6 is 0 Å². The zero-order valence-electron chi connectivity index (χ0n) is 8.49. The van der Waals surface area contributed by atoms with Gasteiger partial charge in [0.05, 0.1) is 5.92 Å². The topological polar surface area (TPSA) is 74.6 Å². The molecular formula is C8H11KO4. The van der Waals surface area contributed by atoms with Gasteiger partial charge in [0.2, 0.25) is 0 Å². The molecule has 0 spiro atoms. The Bertz CT molecular complexity index is 252. The molecule has 1 atom stereocenters. The van der Waals surface area contributed by atoms with Gasteiger partial charge >= 0.3 is 63.3 Å². The molecule has 1 aliphatic carbocycles. The van der Waals surface area contributed by atoms with Crippen molar-refractivity contribution in [3.63, 3.8) is 0 Å². The van der Waals surface area contributed by atoms with Gasteiger partial charge in [-0.3, -0.25) is 4.79 Å². The van der Waals surface area contributed by atoms with Gasteiger partial charge in [-0.25, -0.2) is 4.79 Å². The first-order valence-corrected chi connectivity index (χ1v) is 3.79. The minimum atomic E-state index is -1.11. The molecule has 1 rings (SSSR count). The summed E-state index contributed by atoms with van der Waals surface area (Å²) in [6, 6.07) is 0. The Morgan fingerprint density at radius 3 is 2.46 bits per heavy atom. The van der Waals surface area contributed by atoms with E-state index in [0.29, 0.717) is 12.8 Å². The summed E-state index contributed by atoms with van der Waals surface area (Å²) in [7, 11) is 0. The Labute approximate surface area is 120 Å². The summed E-state index contributed by atoms with van der Waals surface area (Å²) < 4.78 is 0. The predicted molar refractivity (Wildman–Crippen MR) is 41.8 cm³/mol. The maximum Gasteiger partial charge on any atom is 1.00 e. The van der Waals surface area contributed by atoms with Crippen molar-refractivity contribution in [3.05, 3.63) is 11.6 Å². The van der Waals surface area contributed by atoms with E-state index in [2.05, 4.69) is 0 Å². The van der Waals surface area contributed by atoms with Gasteiger partial charge in [-0.2, -0.15) is 0 Å². The molecule has 0 aromatic rings. The van der Waals surface area contributed by atoms with Gasteiger partial charge in [-0.1, -0.05) is 6.08 Å². The van der Waals surface area contributed by atoms with Gasteiger partial charge in [0.25, 0.3) is 0 Å². The van der Waals surface area contributed by atoms with Crippen molar-refractivity contribution in [3.8, 4) is 0 Å². The second kappa shape index (κ2) is 5.92.